The Balaban J connectivity index is 3.04. The summed E-state index contributed by atoms with van der Waals surface area (Å²) in [5.41, 5.74) is 9.30. The second kappa shape index (κ2) is 2.55. The Bertz CT molecular complexity index is 612. The fourth-order valence-electron chi connectivity index (χ4n) is 1.01. The van der Waals surface area contributed by atoms with Crippen LogP contribution in [0.5, 0.6) is 0 Å². The number of aromatic nitrogens is 4. The molecule has 0 radical (unpaired) electrons. The minimum Gasteiger partial charge on any atom is -0.379 e. The molecule has 0 aliphatic rings. The maximum absolute atomic E-state index is 11.2. The van der Waals surface area contributed by atoms with Crippen LogP contribution in [0.2, 0.25) is 0 Å². The van der Waals surface area contributed by atoms with Crippen LogP contribution in [0, 0.1) is 0 Å². The van der Waals surface area contributed by atoms with Gasteiger partial charge in [0, 0.05) is 0 Å². The summed E-state index contributed by atoms with van der Waals surface area (Å²) in [5, 5.41) is 0. The lowest BCUT2D eigenvalue weighted by atomic mass is 10.5. The minimum atomic E-state index is -0.630. The van der Waals surface area contributed by atoms with Gasteiger partial charge in [-0.3, -0.25) is 14.6 Å². The molecule has 0 atom stereocenters. The maximum atomic E-state index is 11.2. The van der Waals surface area contributed by atoms with E-state index in [0.717, 1.165) is 0 Å². The number of nitrogens with one attached hydrogen (secondary N) is 2. The van der Waals surface area contributed by atoms with Gasteiger partial charge in [0.1, 0.15) is 0 Å². The summed E-state index contributed by atoms with van der Waals surface area (Å²) < 4.78 is 0. The Morgan fingerprint density at radius 3 is 2.43 bits per heavy atom. The molecule has 8 nitrogen and oxygen atoms in total. The quantitative estimate of drug-likeness (QED) is 0.388. The number of nitrogen functional groups attached to an aromatic ring is 2. The number of anilines is 2. The van der Waals surface area contributed by atoms with E-state index in [1.54, 1.807) is 0 Å². The fourth-order valence-corrected chi connectivity index (χ4v) is 1.01. The molecule has 8 heteroatoms. The van der Waals surface area contributed by atoms with Crippen molar-refractivity contribution in [2.75, 3.05) is 11.5 Å². The van der Waals surface area contributed by atoms with Crippen LogP contribution in [0.25, 0.3) is 11.2 Å². The van der Waals surface area contributed by atoms with Crippen molar-refractivity contribution in [3.05, 3.63) is 20.7 Å². The molecule has 0 aliphatic carbocycles. The Morgan fingerprint density at radius 2 is 1.71 bits per heavy atom. The summed E-state index contributed by atoms with van der Waals surface area (Å²) in [6.07, 6.45) is 0. The number of H-pyrrole nitrogens is 2. The summed E-state index contributed by atoms with van der Waals surface area (Å²) in [5.74, 6) is -0.337. The average Bonchev–Trinajstić information content (AvgIpc) is 2.08. The summed E-state index contributed by atoms with van der Waals surface area (Å²) >= 11 is 0. The topological polar surface area (TPSA) is 144 Å². The number of hydrogen-bond acceptors (Lipinski definition) is 6. The first kappa shape index (κ1) is 8.23. The third-order valence-electron chi connectivity index (χ3n) is 1.62. The van der Waals surface area contributed by atoms with Gasteiger partial charge in [0.15, 0.2) is 17.0 Å². The van der Waals surface area contributed by atoms with Crippen molar-refractivity contribution < 1.29 is 0 Å². The zero-order chi connectivity index (χ0) is 10.3. The first-order valence-corrected chi connectivity index (χ1v) is 3.63. The van der Waals surface area contributed by atoms with Gasteiger partial charge in [-0.15, -0.1) is 0 Å². The van der Waals surface area contributed by atoms with Crippen molar-refractivity contribution in [3.63, 3.8) is 0 Å². The largest absolute Gasteiger partial charge is 0.379 e. The lowest BCUT2D eigenvalue weighted by molar-refractivity contribution is 1.11. The number of aromatic amines is 2. The molecule has 2 aromatic heterocycles. The summed E-state index contributed by atoms with van der Waals surface area (Å²) in [7, 11) is 0. The Hall–Kier alpha value is -2.38. The highest BCUT2D eigenvalue weighted by atomic mass is 16.1. The van der Waals surface area contributed by atoms with Gasteiger partial charge < -0.3 is 16.5 Å². The molecule has 0 fully saturated rings. The monoisotopic (exact) mass is 194 g/mol. The molecule has 14 heavy (non-hydrogen) atoms. The molecule has 0 saturated carbocycles. The van der Waals surface area contributed by atoms with Crippen LogP contribution >= 0.6 is 0 Å². The molecule has 2 rings (SSSR count). The van der Waals surface area contributed by atoms with Crippen LogP contribution in [0.3, 0.4) is 0 Å². The molecular weight excluding hydrogens is 188 g/mol. The zero-order valence-corrected chi connectivity index (χ0v) is 6.87. The molecule has 2 heterocycles. The van der Waals surface area contributed by atoms with Crippen molar-refractivity contribution in [2.24, 2.45) is 0 Å². The second-order valence-electron chi connectivity index (χ2n) is 2.60. The molecule has 0 bridgehead atoms. The second-order valence-corrected chi connectivity index (χ2v) is 2.60. The highest BCUT2D eigenvalue weighted by Crippen LogP contribution is 1.99. The van der Waals surface area contributed by atoms with Crippen LogP contribution in [0.15, 0.2) is 9.59 Å². The SMILES string of the molecule is Nc1nc2nc(N)c(=O)[nH]c2c(=O)[nH]1. The zero-order valence-electron chi connectivity index (χ0n) is 6.87. The number of fused-ring (bicyclic) bond motifs is 1. The van der Waals surface area contributed by atoms with Crippen LogP contribution in [-0.4, -0.2) is 19.9 Å². The van der Waals surface area contributed by atoms with Gasteiger partial charge in [0.05, 0.1) is 0 Å². The van der Waals surface area contributed by atoms with Crippen LogP contribution < -0.4 is 22.6 Å². The highest BCUT2D eigenvalue weighted by molar-refractivity contribution is 5.70. The number of nitrogens with two attached hydrogens (primary N) is 2. The van der Waals surface area contributed by atoms with E-state index in [4.69, 9.17) is 11.5 Å². The number of nitrogens with zero attached hydrogens (tertiary/aromatic N) is 2. The Labute approximate surface area is 76.0 Å². The van der Waals surface area contributed by atoms with E-state index >= 15 is 0 Å². The van der Waals surface area contributed by atoms with E-state index in [-0.39, 0.29) is 22.9 Å². The van der Waals surface area contributed by atoms with Gasteiger partial charge in [0.25, 0.3) is 11.1 Å². The molecule has 0 aliphatic heterocycles. The molecular formula is C6H6N6O2. The molecule has 0 aromatic carbocycles. The normalized spacial score (nSPS) is 10.6. The molecule has 0 saturated heterocycles. The number of rotatable bonds is 0. The van der Waals surface area contributed by atoms with Crippen LogP contribution in [0.1, 0.15) is 0 Å². The van der Waals surface area contributed by atoms with E-state index in [2.05, 4.69) is 19.9 Å². The van der Waals surface area contributed by atoms with E-state index in [0.29, 0.717) is 0 Å². The van der Waals surface area contributed by atoms with Crippen molar-refractivity contribution in [1.29, 1.82) is 0 Å². The average molecular weight is 194 g/mol. The van der Waals surface area contributed by atoms with Crippen molar-refractivity contribution in [2.45, 2.75) is 0 Å². The summed E-state index contributed by atoms with van der Waals surface area (Å²) in [6, 6.07) is 0. The van der Waals surface area contributed by atoms with E-state index < -0.39 is 11.1 Å². The fraction of sp³-hybridized carbons (Fsp3) is 0. The van der Waals surface area contributed by atoms with Crippen molar-refractivity contribution in [1.82, 2.24) is 19.9 Å². The predicted octanol–water partition coefficient (Wildman–Crippen LogP) is -1.83. The van der Waals surface area contributed by atoms with E-state index in [1.807, 2.05) is 0 Å². The minimum absolute atomic E-state index is 0.0170. The van der Waals surface area contributed by atoms with Crippen LogP contribution in [0.4, 0.5) is 11.8 Å². The van der Waals surface area contributed by atoms with Gasteiger partial charge in [-0.1, -0.05) is 0 Å². The maximum Gasteiger partial charge on any atom is 0.291 e. The van der Waals surface area contributed by atoms with Gasteiger partial charge in [-0.2, -0.15) is 4.98 Å². The molecule has 0 unspecified atom stereocenters. The molecule has 2 aromatic rings. The number of hydrogen-bond donors (Lipinski definition) is 4. The van der Waals surface area contributed by atoms with Crippen molar-refractivity contribution in [3.8, 4) is 0 Å². The first-order valence-electron chi connectivity index (χ1n) is 3.63. The Morgan fingerprint density at radius 1 is 1.00 bits per heavy atom. The third-order valence-corrected chi connectivity index (χ3v) is 1.62. The third kappa shape index (κ3) is 1.09. The first-order chi connectivity index (χ1) is 6.58. The lowest BCUT2D eigenvalue weighted by Crippen LogP contribution is -2.21. The summed E-state index contributed by atoms with van der Waals surface area (Å²) in [6.45, 7) is 0. The lowest BCUT2D eigenvalue weighted by Gasteiger charge is -1.97. The molecule has 72 valence electrons. The van der Waals surface area contributed by atoms with Gasteiger partial charge in [-0.25, -0.2) is 4.98 Å². The van der Waals surface area contributed by atoms with Gasteiger partial charge in [-0.05, 0) is 0 Å². The highest BCUT2D eigenvalue weighted by Gasteiger charge is 2.06. The van der Waals surface area contributed by atoms with E-state index in [1.165, 1.54) is 0 Å². The smallest absolute Gasteiger partial charge is 0.291 e. The van der Waals surface area contributed by atoms with Gasteiger partial charge >= 0.3 is 0 Å². The summed E-state index contributed by atoms with van der Waals surface area (Å²) in [4.78, 5) is 34.0. The van der Waals surface area contributed by atoms with Crippen LogP contribution in [-0.2, 0) is 0 Å². The predicted molar refractivity (Wildman–Crippen MR) is 49.6 cm³/mol. The molecule has 0 amide bonds. The molecule has 6 N–H and O–H groups in total. The Kier molecular flexibility index (Phi) is 1.50. The molecule has 0 spiro atoms. The standard InChI is InChI=1S/C6H6N6O2/c7-2-5(14)9-1-3(10-2)11-6(8)12-4(1)13/h(H,9,14)(H5,7,8,10,11,12,13). The van der Waals surface area contributed by atoms with Crippen molar-refractivity contribution >= 4 is 22.9 Å². The van der Waals surface area contributed by atoms with Gasteiger partial charge in [0.2, 0.25) is 5.95 Å². The van der Waals surface area contributed by atoms with E-state index in [9.17, 15) is 9.59 Å².